The average molecular weight is 335 g/mol. The Kier molecular flexibility index (Phi) is 6.82. The standard InChI is InChI=1S/C18H29N3O3/c1-4-13(2)21(18(23)10-9-15-7-5-6-8-15)12-17(22)19-16-11-14(3)24-20-16/h11,13,15H,4-10,12H2,1-3H3,(H,19,20,22). The van der Waals surface area contributed by atoms with Crippen LogP contribution in [-0.2, 0) is 9.59 Å². The van der Waals surface area contributed by atoms with Crippen molar-refractivity contribution in [3.8, 4) is 0 Å². The van der Waals surface area contributed by atoms with E-state index in [0.29, 0.717) is 23.9 Å². The number of nitrogens with one attached hydrogen (secondary N) is 1. The molecule has 2 amide bonds. The molecular formula is C18H29N3O3. The van der Waals surface area contributed by atoms with Gasteiger partial charge >= 0.3 is 0 Å². The zero-order valence-electron chi connectivity index (χ0n) is 15.0. The van der Waals surface area contributed by atoms with E-state index in [-0.39, 0.29) is 24.4 Å². The first-order valence-corrected chi connectivity index (χ1v) is 9.02. The Morgan fingerprint density at radius 2 is 2.12 bits per heavy atom. The largest absolute Gasteiger partial charge is 0.360 e. The third kappa shape index (κ3) is 5.35. The minimum atomic E-state index is -0.238. The summed E-state index contributed by atoms with van der Waals surface area (Å²) in [5.41, 5.74) is 0. The molecule has 6 nitrogen and oxygen atoms in total. The number of carbonyl (C=O) groups excluding carboxylic acids is 2. The summed E-state index contributed by atoms with van der Waals surface area (Å²) in [7, 11) is 0. The quantitative estimate of drug-likeness (QED) is 0.788. The molecule has 134 valence electrons. The summed E-state index contributed by atoms with van der Waals surface area (Å²) >= 11 is 0. The van der Waals surface area contributed by atoms with Crippen molar-refractivity contribution in [2.24, 2.45) is 5.92 Å². The first-order chi connectivity index (χ1) is 11.5. The van der Waals surface area contributed by atoms with Crippen molar-refractivity contribution in [3.63, 3.8) is 0 Å². The second-order valence-electron chi connectivity index (χ2n) is 6.84. The Balaban J connectivity index is 1.88. The maximum atomic E-state index is 12.6. The Bertz CT molecular complexity index is 549. The molecule has 1 atom stereocenters. The van der Waals surface area contributed by atoms with Gasteiger partial charge in [-0.05, 0) is 32.6 Å². The molecule has 0 aromatic carbocycles. The summed E-state index contributed by atoms with van der Waals surface area (Å²) in [5.74, 6) is 1.54. The highest BCUT2D eigenvalue weighted by Crippen LogP contribution is 2.28. The van der Waals surface area contributed by atoms with Crippen LogP contribution in [0.25, 0.3) is 0 Å². The molecule has 1 aliphatic rings. The molecule has 1 heterocycles. The summed E-state index contributed by atoms with van der Waals surface area (Å²) < 4.78 is 4.94. The predicted octanol–water partition coefficient (Wildman–Crippen LogP) is 3.52. The van der Waals surface area contributed by atoms with E-state index in [1.165, 1.54) is 25.7 Å². The third-order valence-electron chi connectivity index (χ3n) is 4.89. The van der Waals surface area contributed by atoms with Crippen LogP contribution in [0.1, 0.15) is 64.6 Å². The summed E-state index contributed by atoms with van der Waals surface area (Å²) in [5, 5.41) is 6.44. The number of hydrogen-bond donors (Lipinski definition) is 1. The molecule has 6 heteroatoms. The molecule has 1 N–H and O–H groups in total. The van der Waals surface area contributed by atoms with Gasteiger partial charge in [-0.3, -0.25) is 9.59 Å². The molecule has 24 heavy (non-hydrogen) atoms. The Labute approximate surface area is 143 Å². The molecule has 1 saturated carbocycles. The van der Waals surface area contributed by atoms with Crippen LogP contribution in [0.5, 0.6) is 0 Å². The number of anilines is 1. The van der Waals surface area contributed by atoms with E-state index in [1.807, 2.05) is 13.8 Å². The van der Waals surface area contributed by atoms with Gasteiger partial charge in [0.25, 0.3) is 0 Å². The zero-order chi connectivity index (χ0) is 17.5. The van der Waals surface area contributed by atoms with Gasteiger partial charge in [-0.2, -0.15) is 0 Å². The highest BCUT2D eigenvalue weighted by atomic mass is 16.5. The van der Waals surface area contributed by atoms with E-state index in [0.717, 1.165) is 12.8 Å². The molecule has 1 aliphatic carbocycles. The van der Waals surface area contributed by atoms with Gasteiger partial charge in [-0.1, -0.05) is 37.8 Å². The smallest absolute Gasteiger partial charge is 0.245 e. The number of amides is 2. The summed E-state index contributed by atoms with van der Waals surface area (Å²) in [6, 6.07) is 1.71. The molecule has 2 rings (SSSR count). The fourth-order valence-electron chi connectivity index (χ4n) is 3.24. The first kappa shape index (κ1) is 18.5. The van der Waals surface area contributed by atoms with Crippen molar-refractivity contribution in [3.05, 3.63) is 11.8 Å². The van der Waals surface area contributed by atoms with Crippen LogP contribution in [0.3, 0.4) is 0 Å². The van der Waals surface area contributed by atoms with Crippen LogP contribution in [0.4, 0.5) is 5.82 Å². The van der Waals surface area contributed by atoms with Crippen LogP contribution in [-0.4, -0.2) is 34.5 Å². The second kappa shape index (κ2) is 8.85. The van der Waals surface area contributed by atoms with Crippen LogP contribution in [0, 0.1) is 12.8 Å². The minimum absolute atomic E-state index is 0.0471. The molecule has 0 radical (unpaired) electrons. The number of rotatable bonds is 8. The molecule has 1 aromatic rings. The van der Waals surface area contributed by atoms with Gasteiger partial charge < -0.3 is 14.7 Å². The van der Waals surface area contributed by atoms with Crippen molar-refractivity contribution < 1.29 is 14.1 Å². The fraction of sp³-hybridized carbons (Fsp3) is 0.722. The van der Waals surface area contributed by atoms with E-state index < -0.39 is 0 Å². The maximum absolute atomic E-state index is 12.6. The van der Waals surface area contributed by atoms with Crippen molar-refractivity contribution in [1.29, 1.82) is 0 Å². The lowest BCUT2D eigenvalue weighted by Gasteiger charge is -2.28. The lowest BCUT2D eigenvalue weighted by molar-refractivity contribution is -0.137. The molecule has 1 aromatic heterocycles. The maximum Gasteiger partial charge on any atom is 0.245 e. The van der Waals surface area contributed by atoms with E-state index >= 15 is 0 Å². The molecule has 0 aliphatic heterocycles. The van der Waals surface area contributed by atoms with Crippen molar-refractivity contribution in [2.75, 3.05) is 11.9 Å². The average Bonchev–Trinajstić information content (AvgIpc) is 3.21. The molecule has 1 unspecified atom stereocenters. The SMILES string of the molecule is CCC(C)N(CC(=O)Nc1cc(C)on1)C(=O)CCC1CCCC1. The summed E-state index contributed by atoms with van der Waals surface area (Å²) in [4.78, 5) is 26.5. The number of hydrogen-bond acceptors (Lipinski definition) is 4. The van der Waals surface area contributed by atoms with Gasteiger partial charge in [0.05, 0.1) is 0 Å². The van der Waals surface area contributed by atoms with Gasteiger partial charge in [0.2, 0.25) is 11.8 Å². The molecule has 0 spiro atoms. The second-order valence-corrected chi connectivity index (χ2v) is 6.84. The fourth-order valence-corrected chi connectivity index (χ4v) is 3.24. The van der Waals surface area contributed by atoms with Crippen molar-refractivity contribution in [2.45, 2.75) is 71.8 Å². The van der Waals surface area contributed by atoms with Crippen molar-refractivity contribution >= 4 is 17.6 Å². The predicted molar refractivity (Wildman–Crippen MR) is 92.5 cm³/mol. The van der Waals surface area contributed by atoms with Gasteiger partial charge in [0.1, 0.15) is 12.3 Å². The third-order valence-corrected chi connectivity index (χ3v) is 4.89. The summed E-state index contributed by atoms with van der Waals surface area (Å²) in [6.07, 6.45) is 7.35. The van der Waals surface area contributed by atoms with E-state index in [4.69, 9.17) is 4.52 Å². The molecule has 1 fully saturated rings. The lowest BCUT2D eigenvalue weighted by atomic mass is 10.0. The number of aryl methyl sites for hydroxylation is 1. The Morgan fingerprint density at radius 1 is 1.42 bits per heavy atom. The van der Waals surface area contributed by atoms with Crippen molar-refractivity contribution in [1.82, 2.24) is 10.1 Å². The van der Waals surface area contributed by atoms with Crippen LogP contribution < -0.4 is 5.32 Å². The van der Waals surface area contributed by atoms with Gasteiger partial charge in [0, 0.05) is 18.5 Å². The number of carbonyl (C=O) groups is 2. The van der Waals surface area contributed by atoms with Gasteiger partial charge in [-0.15, -0.1) is 0 Å². The Hall–Kier alpha value is -1.85. The topological polar surface area (TPSA) is 75.4 Å². The van der Waals surface area contributed by atoms with Crippen LogP contribution >= 0.6 is 0 Å². The van der Waals surface area contributed by atoms with E-state index in [9.17, 15) is 9.59 Å². The number of aromatic nitrogens is 1. The first-order valence-electron chi connectivity index (χ1n) is 9.02. The summed E-state index contributed by atoms with van der Waals surface area (Å²) in [6.45, 7) is 5.84. The van der Waals surface area contributed by atoms with Gasteiger partial charge in [0.15, 0.2) is 5.82 Å². The lowest BCUT2D eigenvalue weighted by Crippen LogP contribution is -2.43. The van der Waals surface area contributed by atoms with Gasteiger partial charge in [-0.25, -0.2) is 0 Å². The molecule has 0 saturated heterocycles. The highest BCUT2D eigenvalue weighted by molar-refractivity contribution is 5.93. The van der Waals surface area contributed by atoms with Crippen LogP contribution in [0.15, 0.2) is 10.6 Å². The molecule has 0 bridgehead atoms. The Morgan fingerprint density at radius 3 is 2.71 bits per heavy atom. The van der Waals surface area contributed by atoms with E-state index in [1.54, 1.807) is 17.9 Å². The highest BCUT2D eigenvalue weighted by Gasteiger charge is 2.24. The van der Waals surface area contributed by atoms with Crippen LogP contribution in [0.2, 0.25) is 0 Å². The zero-order valence-corrected chi connectivity index (χ0v) is 15.0. The number of nitrogens with zero attached hydrogens (tertiary/aromatic N) is 2. The molecular weight excluding hydrogens is 306 g/mol. The minimum Gasteiger partial charge on any atom is -0.360 e. The normalized spacial score (nSPS) is 16.1. The van der Waals surface area contributed by atoms with E-state index in [2.05, 4.69) is 10.5 Å². The monoisotopic (exact) mass is 335 g/mol.